The minimum atomic E-state index is -0.998. The fraction of sp³-hybridized carbons (Fsp3) is 0.292. The highest BCUT2D eigenvalue weighted by molar-refractivity contribution is 6.21. The van der Waals surface area contributed by atoms with E-state index in [0.29, 0.717) is 42.1 Å². The molecule has 12 heteroatoms. The van der Waals surface area contributed by atoms with Crippen LogP contribution in [0.25, 0.3) is 22.7 Å². The van der Waals surface area contributed by atoms with Crippen LogP contribution in [0.5, 0.6) is 0 Å². The molecule has 4 amide bonds. The van der Waals surface area contributed by atoms with Crippen LogP contribution >= 0.6 is 0 Å². The molecule has 0 saturated carbocycles. The van der Waals surface area contributed by atoms with Gasteiger partial charge in [-0.15, -0.1) is 0 Å². The topological polar surface area (TPSA) is 152 Å². The summed E-state index contributed by atoms with van der Waals surface area (Å²) in [6.45, 7) is 0.648. The number of carbonyl (C=O) groups excluding carboxylic acids is 4. The van der Waals surface area contributed by atoms with E-state index in [1.165, 1.54) is 6.39 Å². The first-order chi connectivity index (χ1) is 17.5. The summed E-state index contributed by atoms with van der Waals surface area (Å²) in [7, 11) is 0. The van der Waals surface area contributed by atoms with E-state index < -0.39 is 29.7 Å². The van der Waals surface area contributed by atoms with Gasteiger partial charge in [0.05, 0.1) is 12.7 Å². The summed E-state index contributed by atoms with van der Waals surface area (Å²) in [5, 5.41) is 6.29. The van der Waals surface area contributed by atoms with Gasteiger partial charge in [-0.25, -0.2) is 4.98 Å². The van der Waals surface area contributed by atoms with Gasteiger partial charge in [0, 0.05) is 29.7 Å². The molecule has 0 bridgehead atoms. The molecule has 1 atom stereocenters. The number of nitrogens with one attached hydrogen (secondary N) is 1. The van der Waals surface area contributed by atoms with Gasteiger partial charge in [0.2, 0.25) is 23.5 Å². The highest BCUT2D eigenvalue weighted by atomic mass is 16.5. The SMILES string of the molecule is O=C1CCC(N2C(=O)C3=C(C2=O)N(Cc2nc(-c4cccc(-c5cnco5)c4)no2)CCC3)C(=O)N1. The zero-order chi connectivity index (χ0) is 24.8. The Balaban J connectivity index is 1.22. The average molecular weight is 488 g/mol. The van der Waals surface area contributed by atoms with Crippen molar-refractivity contribution in [2.24, 2.45) is 0 Å². The highest BCUT2D eigenvalue weighted by Crippen LogP contribution is 2.35. The second-order valence-corrected chi connectivity index (χ2v) is 8.76. The van der Waals surface area contributed by atoms with Crippen LogP contribution < -0.4 is 5.32 Å². The van der Waals surface area contributed by atoms with E-state index in [1.807, 2.05) is 24.3 Å². The molecule has 0 spiro atoms. The number of aromatic nitrogens is 3. The Morgan fingerprint density at radius 1 is 1.08 bits per heavy atom. The molecule has 36 heavy (non-hydrogen) atoms. The van der Waals surface area contributed by atoms with Crippen molar-refractivity contribution in [1.82, 2.24) is 30.2 Å². The van der Waals surface area contributed by atoms with E-state index in [4.69, 9.17) is 8.94 Å². The van der Waals surface area contributed by atoms with Gasteiger partial charge < -0.3 is 13.8 Å². The third kappa shape index (κ3) is 3.67. The summed E-state index contributed by atoms with van der Waals surface area (Å²) in [6, 6.07) is 6.42. The number of carbonyl (C=O) groups is 4. The summed E-state index contributed by atoms with van der Waals surface area (Å²) in [5.74, 6) is -0.798. The normalized spacial score (nSPS) is 20.3. The van der Waals surface area contributed by atoms with Gasteiger partial charge in [-0.1, -0.05) is 23.4 Å². The number of hydrogen-bond donors (Lipinski definition) is 1. The third-order valence-electron chi connectivity index (χ3n) is 6.51. The monoisotopic (exact) mass is 488 g/mol. The maximum absolute atomic E-state index is 13.3. The van der Waals surface area contributed by atoms with E-state index in [0.717, 1.165) is 10.5 Å². The summed E-state index contributed by atoms with van der Waals surface area (Å²) in [5.41, 5.74) is 2.15. The standard InChI is InChI=1S/C24H20N6O6/c31-18-7-6-16(22(32)26-18)30-23(33)15-5-2-8-29(20(15)24(30)34)11-19-27-21(28-36-19)14-4-1-3-13(9-14)17-10-25-12-35-17/h1,3-4,9-10,12,16H,2,5-8,11H2,(H,26,31,32). The van der Waals surface area contributed by atoms with Gasteiger partial charge in [-0.3, -0.25) is 29.4 Å². The molecule has 182 valence electrons. The van der Waals surface area contributed by atoms with Gasteiger partial charge in [-0.05, 0) is 25.3 Å². The van der Waals surface area contributed by atoms with E-state index in [9.17, 15) is 19.2 Å². The van der Waals surface area contributed by atoms with Crippen LogP contribution in [0.15, 0.2) is 57.1 Å². The van der Waals surface area contributed by atoms with Gasteiger partial charge in [0.25, 0.3) is 11.8 Å². The predicted molar refractivity (Wildman–Crippen MR) is 120 cm³/mol. The van der Waals surface area contributed by atoms with Crippen molar-refractivity contribution >= 4 is 23.6 Å². The Hall–Kier alpha value is -4.61. The van der Waals surface area contributed by atoms with Gasteiger partial charge in [-0.2, -0.15) is 4.98 Å². The van der Waals surface area contributed by atoms with E-state index in [-0.39, 0.29) is 31.0 Å². The van der Waals surface area contributed by atoms with Crippen molar-refractivity contribution in [2.45, 2.75) is 38.3 Å². The number of amides is 4. The van der Waals surface area contributed by atoms with Crippen LogP contribution in [0.1, 0.15) is 31.6 Å². The molecule has 1 saturated heterocycles. The van der Waals surface area contributed by atoms with Crippen LogP contribution in [-0.4, -0.2) is 61.1 Å². The molecule has 12 nitrogen and oxygen atoms in total. The number of benzene rings is 1. The van der Waals surface area contributed by atoms with Crippen molar-refractivity contribution in [2.75, 3.05) is 6.54 Å². The average Bonchev–Trinajstić information content (AvgIpc) is 3.62. The number of rotatable bonds is 5. The van der Waals surface area contributed by atoms with Gasteiger partial charge in [0.15, 0.2) is 12.2 Å². The third-order valence-corrected chi connectivity index (χ3v) is 6.51. The Morgan fingerprint density at radius 2 is 1.94 bits per heavy atom. The molecule has 3 aromatic rings. The zero-order valence-corrected chi connectivity index (χ0v) is 19.0. The quantitative estimate of drug-likeness (QED) is 0.522. The fourth-order valence-electron chi connectivity index (χ4n) is 4.83. The van der Waals surface area contributed by atoms with Crippen molar-refractivity contribution < 1.29 is 28.1 Å². The lowest BCUT2D eigenvalue weighted by atomic mass is 10.0. The molecule has 1 aromatic carbocycles. The van der Waals surface area contributed by atoms with Crippen LogP contribution in [0, 0.1) is 0 Å². The van der Waals surface area contributed by atoms with Gasteiger partial charge >= 0.3 is 0 Å². The predicted octanol–water partition coefficient (Wildman–Crippen LogP) is 1.42. The summed E-state index contributed by atoms with van der Waals surface area (Å²) in [6.07, 6.45) is 4.24. The molecule has 3 aliphatic rings. The molecule has 1 fully saturated rings. The molecule has 2 aromatic heterocycles. The largest absolute Gasteiger partial charge is 0.444 e. The molecule has 5 heterocycles. The molecule has 0 aliphatic carbocycles. The van der Waals surface area contributed by atoms with Crippen LogP contribution in [0.2, 0.25) is 0 Å². The lowest BCUT2D eigenvalue weighted by Crippen LogP contribution is -2.55. The smallest absolute Gasteiger partial charge is 0.278 e. The molecule has 0 radical (unpaired) electrons. The van der Waals surface area contributed by atoms with Crippen molar-refractivity contribution in [3.63, 3.8) is 0 Å². The number of oxazole rings is 1. The van der Waals surface area contributed by atoms with Crippen molar-refractivity contribution in [3.05, 3.63) is 54.0 Å². The molecule has 6 rings (SSSR count). The fourth-order valence-corrected chi connectivity index (χ4v) is 4.83. The second-order valence-electron chi connectivity index (χ2n) is 8.76. The first-order valence-electron chi connectivity index (χ1n) is 11.5. The maximum atomic E-state index is 13.3. The minimum absolute atomic E-state index is 0.0737. The van der Waals surface area contributed by atoms with Gasteiger partial charge in [0.1, 0.15) is 11.7 Å². The minimum Gasteiger partial charge on any atom is -0.444 e. The maximum Gasteiger partial charge on any atom is 0.278 e. The number of nitrogens with zero attached hydrogens (tertiary/aromatic N) is 5. The molecular formula is C24H20N6O6. The lowest BCUT2D eigenvalue weighted by Gasteiger charge is -2.29. The van der Waals surface area contributed by atoms with Crippen molar-refractivity contribution in [3.8, 4) is 22.7 Å². The Morgan fingerprint density at radius 3 is 2.75 bits per heavy atom. The van der Waals surface area contributed by atoms with Crippen molar-refractivity contribution in [1.29, 1.82) is 0 Å². The molecule has 1 unspecified atom stereocenters. The van der Waals surface area contributed by atoms with E-state index in [1.54, 1.807) is 11.1 Å². The van der Waals surface area contributed by atoms with E-state index in [2.05, 4.69) is 20.4 Å². The van der Waals surface area contributed by atoms with E-state index >= 15 is 0 Å². The molecule has 3 aliphatic heterocycles. The number of piperidine rings is 1. The molecule has 1 N–H and O–H groups in total. The Bertz CT molecular complexity index is 1420. The summed E-state index contributed by atoms with van der Waals surface area (Å²) < 4.78 is 10.8. The first kappa shape index (κ1) is 21.9. The number of hydrogen-bond acceptors (Lipinski definition) is 10. The van der Waals surface area contributed by atoms with Crippen LogP contribution in [-0.2, 0) is 25.7 Å². The summed E-state index contributed by atoms with van der Waals surface area (Å²) in [4.78, 5) is 61.4. The lowest BCUT2D eigenvalue weighted by molar-refractivity contribution is -0.150. The zero-order valence-electron chi connectivity index (χ0n) is 19.0. The van der Waals surface area contributed by atoms with Crippen LogP contribution in [0.4, 0.5) is 0 Å². The summed E-state index contributed by atoms with van der Waals surface area (Å²) >= 11 is 0. The second kappa shape index (κ2) is 8.56. The highest BCUT2D eigenvalue weighted by Gasteiger charge is 2.48. The number of imide groups is 2. The Labute approximate surface area is 203 Å². The first-order valence-corrected chi connectivity index (χ1v) is 11.5. The molecular weight excluding hydrogens is 468 g/mol. The Kier molecular flexibility index (Phi) is 5.20. The van der Waals surface area contributed by atoms with Crippen LogP contribution in [0.3, 0.4) is 0 Å².